The molecule has 0 aliphatic rings. The van der Waals surface area contributed by atoms with Gasteiger partial charge in [0.25, 0.3) is 0 Å². The normalized spacial score (nSPS) is 12.3. The van der Waals surface area contributed by atoms with Crippen LogP contribution in [-0.2, 0) is 6.42 Å². The van der Waals surface area contributed by atoms with Gasteiger partial charge >= 0.3 is 0 Å². The molecule has 0 saturated carbocycles. The van der Waals surface area contributed by atoms with E-state index in [1.54, 1.807) is 18.4 Å². The van der Waals surface area contributed by atoms with Crippen LogP contribution in [0.25, 0.3) is 0 Å². The summed E-state index contributed by atoms with van der Waals surface area (Å²) >= 11 is 5.21. The smallest absolute Gasteiger partial charge is 0.129 e. The molecule has 0 aromatic carbocycles. The highest BCUT2D eigenvalue weighted by atomic mass is 79.9. The standard InChI is InChI=1S/C15H19BrN2OS/c1-3-4-18-14(15-7-13(19-2)10-20-15)6-11-5-12(16)9-17-8-11/h5,7-10,14,18H,3-4,6H2,1-2H3. The van der Waals surface area contributed by atoms with Crippen molar-refractivity contribution in [1.29, 1.82) is 0 Å². The van der Waals surface area contributed by atoms with Crippen LogP contribution >= 0.6 is 27.3 Å². The first kappa shape index (κ1) is 15.5. The molecule has 2 rings (SSSR count). The molecule has 0 aliphatic carbocycles. The van der Waals surface area contributed by atoms with E-state index in [9.17, 15) is 0 Å². The van der Waals surface area contributed by atoms with E-state index in [1.807, 2.05) is 12.4 Å². The van der Waals surface area contributed by atoms with Gasteiger partial charge in [0.15, 0.2) is 0 Å². The zero-order valence-electron chi connectivity index (χ0n) is 11.7. The van der Waals surface area contributed by atoms with Crippen LogP contribution in [0.1, 0.15) is 29.8 Å². The number of methoxy groups -OCH3 is 1. The number of halogens is 1. The number of ether oxygens (including phenoxy) is 1. The Hall–Kier alpha value is -0.910. The van der Waals surface area contributed by atoms with E-state index in [4.69, 9.17) is 4.74 Å². The summed E-state index contributed by atoms with van der Waals surface area (Å²) in [7, 11) is 1.71. The van der Waals surface area contributed by atoms with E-state index in [0.29, 0.717) is 6.04 Å². The molecule has 0 saturated heterocycles. The molecule has 108 valence electrons. The minimum absolute atomic E-state index is 0.306. The van der Waals surface area contributed by atoms with Crippen molar-refractivity contribution in [3.05, 3.63) is 44.8 Å². The first-order valence-electron chi connectivity index (χ1n) is 6.68. The van der Waals surface area contributed by atoms with Gasteiger partial charge < -0.3 is 10.1 Å². The molecule has 2 aromatic rings. The molecule has 1 N–H and O–H groups in total. The van der Waals surface area contributed by atoms with Gasteiger partial charge in [0.05, 0.1) is 7.11 Å². The average molecular weight is 355 g/mol. The molecular weight excluding hydrogens is 336 g/mol. The van der Waals surface area contributed by atoms with Crippen molar-refractivity contribution in [3.63, 3.8) is 0 Å². The molecule has 1 atom stereocenters. The number of thiophene rings is 1. The van der Waals surface area contributed by atoms with Crippen LogP contribution < -0.4 is 10.1 Å². The highest BCUT2D eigenvalue weighted by Gasteiger charge is 2.14. The zero-order chi connectivity index (χ0) is 14.4. The fourth-order valence-corrected chi connectivity index (χ4v) is 3.36. The number of hydrogen-bond acceptors (Lipinski definition) is 4. The van der Waals surface area contributed by atoms with Crippen molar-refractivity contribution in [1.82, 2.24) is 10.3 Å². The van der Waals surface area contributed by atoms with Gasteiger partial charge in [-0.3, -0.25) is 4.98 Å². The molecule has 5 heteroatoms. The Bertz CT molecular complexity index is 544. The predicted molar refractivity (Wildman–Crippen MR) is 87.5 cm³/mol. The lowest BCUT2D eigenvalue weighted by atomic mass is 10.1. The summed E-state index contributed by atoms with van der Waals surface area (Å²) in [5, 5.41) is 5.65. The summed E-state index contributed by atoms with van der Waals surface area (Å²) < 4.78 is 6.30. The van der Waals surface area contributed by atoms with E-state index >= 15 is 0 Å². The van der Waals surface area contributed by atoms with Gasteiger partial charge in [-0.25, -0.2) is 0 Å². The van der Waals surface area contributed by atoms with Crippen molar-refractivity contribution >= 4 is 27.3 Å². The molecule has 3 nitrogen and oxygen atoms in total. The molecule has 0 fully saturated rings. The van der Waals surface area contributed by atoms with Gasteiger partial charge in [0.2, 0.25) is 0 Å². The summed E-state index contributed by atoms with van der Waals surface area (Å²) in [6.45, 7) is 3.19. The van der Waals surface area contributed by atoms with Crippen LogP contribution in [0.2, 0.25) is 0 Å². The second kappa shape index (κ2) is 7.76. The monoisotopic (exact) mass is 354 g/mol. The summed E-state index contributed by atoms with van der Waals surface area (Å²) in [5.74, 6) is 0.931. The largest absolute Gasteiger partial charge is 0.496 e. The molecule has 1 unspecified atom stereocenters. The summed E-state index contributed by atoms with van der Waals surface area (Å²) in [5.41, 5.74) is 1.22. The lowest BCUT2D eigenvalue weighted by Crippen LogP contribution is -2.23. The summed E-state index contributed by atoms with van der Waals surface area (Å²) in [6, 6.07) is 4.54. The topological polar surface area (TPSA) is 34.2 Å². The maximum atomic E-state index is 5.28. The minimum Gasteiger partial charge on any atom is -0.496 e. The fraction of sp³-hybridized carbons (Fsp3) is 0.400. The van der Waals surface area contributed by atoms with Crippen molar-refractivity contribution < 1.29 is 4.74 Å². The quantitative estimate of drug-likeness (QED) is 0.808. The first-order chi connectivity index (χ1) is 9.72. The van der Waals surface area contributed by atoms with E-state index in [1.165, 1.54) is 10.4 Å². The van der Waals surface area contributed by atoms with Crippen molar-refractivity contribution in [3.8, 4) is 5.75 Å². The van der Waals surface area contributed by atoms with Gasteiger partial charge in [-0.15, -0.1) is 11.3 Å². The number of rotatable bonds is 7. The molecule has 0 bridgehead atoms. The molecule has 0 amide bonds. The Labute approximate surface area is 132 Å². The van der Waals surface area contributed by atoms with Gasteiger partial charge in [-0.2, -0.15) is 0 Å². The SMILES string of the molecule is CCCNC(Cc1cncc(Br)c1)c1cc(OC)cs1. The second-order valence-electron chi connectivity index (χ2n) is 4.61. The van der Waals surface area contributed by atoms with Crippen LogP contribution in [0.5, 0.6) is 5.75 Å². The lowest BCUT2D eigenvalue weighted by Gasteiger charge is -2.17. The zero-order valence-corrected chi connectivity index (χ0v) is 14.1. The van der Waals surface area contributed by atoms with Crippen molar-refractivity contribution in [2.24, 2.45) is 0 Å². The maximum Gasteiger partial charge on any atom is 0.129 e. The third-order valence-electron chi connectivity index (χ3n) is 3.02. The van der Waals surface area contributed by atoms with Crippen molar-refractivity contribution in [2.75, 3.05) is 13.7 Å². The molecule has 2 heterocycles. The summed E-state index contributed by atoms with van der Waals surface area (Å²) in [4.78, 5) is 5.54. The molecule has 2 aromatic heterocycles. The third kappa shape index (κ3) is 4.30. The average Bonchev–Trinajstić information content (AvgIpc) is 2.92. The third-order valence-corrected chi connectivity index (χ3v) is 4.48. The number of nitrogens with zero attached hydrogens (tertiary/aromatic N) is 1. The van der Waals surface area contributed by atoms with E-state index in [-0.39, 0.29) is 0 Å². The van der Waals surface area contributed by atoms with E-state index < -0.39 is 0 Å². The highest BCUT2D eigenvalue weighted by Crippen LogP contribution is 2.29. The van der Waals surface area contributed by atoms with E-state index in [0.717, 1.165) is 29.6 Å². The maximum absolute atomic E-state index is 5.28. The number of aromatic nitrogens is 1. The Balaban J connectivity index is 2.14. The van der Waals surface area contributed by atoms with Crippen LogP contribution in [0.4, 0.5) is 0 Å². The highest BCUT2D eigenvalue weighted by molar-refractivity contribution is 9.10. The van der Waals surface area contributed by atoms with Crippen LogP contribution in [0, 0.1) is 0 Å². The Morgan fingerprint density at radius 3 is 2.90 bits per heavy atom. The number of hydrogen-bond donors (Lipinski definition) is 1. The number of pyridine rings is 1. The van der Waals surface area contributed by atoms with Gasteiger partial charge in [-0.1, -0.05) is 6.92 Å². The first-order valence-corrected chi connectivity index (χ1v) is 8.35. The Morgan fingerprint density at radius 2 is 2.25 bits per heavy atom. The van der Waals surface area contributed by atoms with Crippen LogP contribution in [0.15, 0.2) is 34.4 Å². The number of nitrogens with one attached hydrogen (secondary N) is 1. The van der Waals surface area contributed by atoms with Crippen LogP contribution in [0.3, 0.4) is 0 Å². The molecule has 0 spiro atoms. The fourth-order valence-electron chi connectivity index (χ4n) is 2.02. The Morgan fingerprint density at radius 1 is 1.40 bits per heavy atom. The predicted octanol–water partition coefficient (Wildman–Crippen LogP) is 4.20. The summed E-state index contributed by atoms with van der Waals surface area (Å²) in [6.07, 6.45) is 5.79. The van der Waals surface area contributed by atoms with Crippen molar-refractivity contribution in [2.45, 2.75) is 25.8 Å². The lowest BCUT2D eigenvalue weighted by molar-refractivity contribution is 0.415. The van der Waals surface area contributed by atoms with Gasteiger partial charge in [-0.05, 0) is 53.0 Å². The Kier molecular flexibility index (Phi) is 6.01. The van der Waals surface area contributed by atoms with Gasteiger partial charge in [0, 0.05) is 33.2 Å². The van der Waals surface area contributed by atoms with Crippen LogP contribution in [-0.4, -0.2) is 18.6 Å². The van der Waals surface area contributed by atoms with Gasteiger partial charge in [0.1, 0.15) is 5.75 Å². The van der Waals surface area contributed by atoms with E-state index in [2.05, 4.69) is 50.7 Å². The molecule has 0 radical (unpaired) electrons. The minimum atomic E-state index is 0.306. The molecule has 20 heavy (non-hydrogen) atoms. The molecule has 0 aliphatic heterocycles. The second-order valence-corrected chi connectivity index (χ2v) is 6.47. The molecular formula is C15H19BrN2OS.